The van der Waals surface area contributed by atoms with Crippen LogP contribution < -0.4 is 19.9 Å². The van der Waals surface area contributed by atoms with E-state index >= 15 is 0 Å². The molecule has 1 N–H and O–H groups in total. The van der Waals surface area contributed by atoms with Crippen molar-refractivity contribution in [3.63, 3.8) is 0 Å². The first-order valence-electron chi connectivity index (χ1n) is 9.56. The smallest absolute Gasteiger partial charge is 0.204 e. The summed E-state index contributed by atoms with van der Waals surface area (Å²) in [5.41, 5.74) is 2.27. The monoisotopic (exact) mass is 385 g/mol. The van der Waals surface area contributed by atoms with E-state index in [1.54, 1.807) is 7.11 Å². The van der Waals surface area contributed by atoms with Crippen LogP contribution in [0.15, 0.2) is 35.5 Å². The van der Waals surface area contributed by atoms with Gasteiger partial charge in [0.05, 0.1) is 31.2 Å². The van der Waals surface area contributed by atoms with Crippen LogP contribution in [-0.4, -0.2) is 74.8 Å². The Kier molecular flexibility index (Phi) is 6.28. The Morgan fingerprint density at radius 1 is 1.21 bits per heavy atom. The largest absolute Gasteiger partial charge is 0.495 e. The zero-order valence-corrected chi connectivity index (χ0v) is 17.5. The number of hydrogen-bond acceptors (Lipinski definition) is 5. The number of aliphatic imine (C=N–C) groups is 1. The summed E-state index contributed by atoms with van der Waals surface area (Å²) in [5, 5.41) is 3.48. The molecule has 3 rings (SSSR count). The summed E-state index contributed by atoms with van der Waals surface area (Å²) in [4.78, 5) is 15.6. The third kappa shape index (κ3) is 4.16. The van der Waals surface area contributed by atoms with Crippen LogP contribution in [0.3, 0.4) is 0 Å². The zero-order chi connectivity index (χ0) is 20.1. The first kappa shape index (κ1) is 19.9. The van der Waals surface area contributed by atoms with Crippen molar-refractivity contribution < 1.29 is 4.74 Å². The van der Waals surface area contributed by atoms with Gasteiger partial charge in [-0.25, -0.2) is 4.98 Å². The molecule has 0 aliphatic carbocycles. The Morgan fingerprint density at radius 3 is 2.54 bits per heavy atom. The molecule has 1 aromatic heterocycles. The number of ether oxygens (including phenoxy) is 1. The molecule has 2 aromatic rings. The van der Waals surface area contributed by atoms with Gasteiger partial charge in [0, 0.05) is 54.4 Å². The number of guanidine groups is 1. The number of rotatable bonds is 5. The maximum atomic E-state index is 5.51. The molecule has 152 valence electrons. The molecule has 8 heteroatoms. The molecule has 28 heavy (non-hydrogen) atoms. The molecule has 0 saturated carbocycles. The van der Waals surface area contributed by atoms with E-state index in [2.05, 4.69) is 41.8 Å². The highest BCUT2D eigenvalue weighted by atomic mass is 16.5. The fourth-order valence-electron chi connectivity index (χ4n) is 3.57. The highest BCUT2D eigenvalue weighted by molar-refractivity contribution is 5.80. The van der Waals surface area contributed by atoms with Crippen LogP contribution in [0.2, 0.25) is 0 Å². The second-order valence-electron chi connectivity index (χ2n) is 7.05. The summed E-state index contributed by atoms with van der Waals surface area (Å²) in [7, 11) is 9.60. The number of anilines is 2. The van der Waals surface area contributed by atoms with Gasteiger partial charge in [-0.05, 0) is 12.1 Å². The summed E-state index contributed by atoms with van der Waals surface area (Å²) >= 11 is 0. The van der Waals surface area contributed by atoms with Crippen LogP contribution in [0.25, 0.3) is 0 Å². The van der Waals surface area contributed by atoms with Gasteiger partial charge in [0.1, 0.15) is 5.75 Å². The Hall–Kier alpha value is -2.90. The zero-order valence-electron chi connectivity index (χ0n) is 17.5. The number of methoxy groups -OCH3 is 1. The third-order valence-corrected chi connectivity index (χ3v) is 5.10. The van der Waals surface area contributed by atoms with Crippen LogP contribution in [0.5, 0.6) is 5.75 Å². The molecule has 2 heterocycles. The van der Waals surface area contributed by atoms with E-state index in [4.69, 9.17) is 4.74 Å². The molecule has 0 radical (unpaired) electrons. The normalized spacial score (nSPS) is 15.0. The van der Waals surface area contributed by atoms with Gasteiger partial charge in [-0.1, -0.05) is 12.1 Å². The third-order valence-electron chi connectivity index (χ3n) is 5.10. The van der Waals surface area contributed by atoms with Crippen molar-refractivity contribution in [2.24, 2.45) is 12.0 Å². The van der Waals surface area contributed by atoms with Crippen LogP contribution >= 0.6 is 0 Å². The van der Waals surface area contributed by atoms with E-state index in [0.717, 1.165) is 55.2 Å². The summed E-state index contributed by atoms with van der Waals surface area (Å²) in [6.07, 6.45) is 1.91. The molecule has 0 atom stereocenters. The second-order valence-corrected chi connectivity index (χ2v) is 7.05. The lowest BCUT2D eigenvalue weighted by molar-refractivity contribution is 0.366. The maximum absolute atomic E-state index is 5.51. The van der Waals surface area contributed by atoms with Gasteiger partial charge in [-0.15, -0.1) is 0 Å². The van der Waals surface area contributed by atoms with Gasteiger partial charge in [0.2, 0.25) is 5.95 Å². The fraction of sp³-hybridized carbons (Fsp3) is 0.500. The highest BCUT2D eigenvalue weighted by Crippen LogP contribution is 2.28. The van der Waals surface area contributed by atoms with E-state index in [0.29, 0.717) is 6.54 Å². The van der Waals surface area contributed by atoms with Crippen LogP contribution in [0.1, 0.15) is 5.69 Å². The molecule has 1 saturated heterocycles. The van der Waals surface area contributed by atoms with Crippen LogP contribution in [0.4, 0.5) is 11.6 Å². The lowest BCUT2D eigenvalue weighted by Gasteiger charge is -2.38. The van der Waals surface area contributed by atoms with Gasteiger partial charge < -0.3 is 29.3 Å². The Balaban J connectivity index is 1.58. The van der Waals surface area contributed by atoms with Crippen molar-refractivity contribution in [3.8, 4) is 5.75 Å². The average molecular weight is 386 g/mol. The minimum Gasteiger partial charge on any atom is -0.495 e. The molecule has 0 amide bonds. The summed E-state index contributed by atoms with van der Waals surface area (Å²) in [5.74, 6) is 2.79. The molecular formula is C20H31N7O. The molecule has 0 bridgehead atoms. The molecule has 1 aliphatic rings. The number of piperazine rings is 1. The van der Waals surface area contributed by atoms with Crippen LogP contribution in [0, 0.1) is 0 Å². The lowest BCUT2D eigenvalue weighted by Crippen LogP contribution is -2.52. The van der Waals surface area contributed by atoms with Gasteiger partial charge in [-0.2, -0.15) is 0 Å². The van der Waals surface area contributed by atoms with Crippen LogP contribution in [-0.2, 0) is 13.6 Å². The summed E-state index contributed by atoms with van der Waals surface area (Å²) < 4.78 is 7.61. The molecule has 1 aromatic carbocycles. The first-order chi connectivity index (χ1) is 13.5. The summed E-state index contributed by atoms with van der Waals surface area (Å²) in [6.45, 7) is 4.37. The van der Waals surface area contributed by atoms with Crippen molar-refractivity contribution in [1.29, 1.82) is 0 Å². The first-order valence-corrected chi connectivity index (χ1v) is 9.56. The molecule has 1 fully saturated rings. The van der Waals surface area contributed by atoms with E-state index in [9.17, 15) is 0 Å². The van der Waals surface area contributed by atoms with E-state index in [1.807, 2.05) is 51.4 Å². The van der Waals surface area contributed by atoms with Gasteiger partial charge in [0.15, 0.2) is 5.96 Å². The Morgan fingerprint density at radius 2 is 1.93 bits per heavy atom. The highest BCUT2D eigenvalue weighted by Gasteiger charge is 2.21. The second kappa shape index (κ2) is 8.86. The average Bonchev–Trinajstić information content (AvgIpc) is 3.09. The number of aromatic nitrogens is 2. The van der Waals surface area contributed by atoms with Crippen molar-refractivity contribution >= 4 is 17.6 Å². The molecule has 8 nitrogen and oxygen atoms in total. The number of nitrogens with zero attached hydrogens (tertiary/aromatic N) is 6. The van der Waals surface area contributed by atoms with Crippen molar-refractivity contribution in [2.75, 3.05) is 64.2 Å². The van der Waals surface area contributed by atoms with E-state index in [1.165, 1.54) is 0 Å². The van der Waals surface area contributed by atoms with Gasteiger partial charge in [-0.3, -0.25) is 4.99 Å². The molecule has 1 aliphatic heterocycles. The maximum Gasteiger partial charge on any atom is 0.204 e. The quantitative estimate of drug-likeness (QED) is 0.620. The minimum absolute atomic E-state index is 0.691. The molecular weight excluding hydrogens is 354 g/mol. The standard InChI is InChI=1S/C20H31N7O/c1-21-19(22-14-16-15-23-20(24(2)3)25(16)4)27-12-10-26(11-13-27)17-8-6-7-9-18(17)28-5/h6-9,15H,10-14H2,1-5H3,(H,21,22). The molecule has 0 spiro atoms. The number of para-hydroxylation sites is 2. The lowest BCUT2D eigenvalue weighted by atomic mass is 10.2. The van der Waals surface area contributed by atoms with Gasteiger partial charge in [0.25, 0.3) is 0 Å². The van der Waals surface area contributed by atoms with E-state index < -0.39 is 0 Å². The summed E-state index contributed by atoms with van der Waals surface area (Å²) in [6, 6.07) is 8.19. The fourth-order valence-corrected chi connectivity index (χ4v) is 3.57. The van der Waals surface area contributed by atoms with Crippen molar-refractivity contribution in [1.82, 2.24) is 19.8 Å². The molecule has 0 unspecified atom stereocenters. The van der Waals surface area contributed by atoms with Crippen molar-refractivity contribution in [3.05, 3.63) is 36.2 Å². The predicted molar refractivity (Wildman–Crippen MR) is 115 cm³/mol. The SMILES string of the molecule is CN=C(NCc1cnc(N(C)C)n1C)N1CCN(c2ccccc2OC)CC1. The van der Waals surface area contributed by atoms with Crippen molar-refractivity contribution in [2.45, 2.75) is 6.54 Å². The Labute approximate surface area is 167 Å². The number of benzene rings is 1. The number of nitrogens with one attached hydrogen (secondary N) is 1. The number of imidazole rings is 1. The minimum atomic E-state index is 0.691. The topological polar surface area (TPSA) is 61.2 Å². The Bertz CT molecular complexity index is 807. The van der Waals surface area contributed by atoms with E-state index in [-0.39, 0.29) is 0 Å². The van der Waals surface area contributed by atoms with Gasteiger partial charge >= 0.3 is 0 Å². The number of hydrogen-bond donors (Lipinski definition) is 1. The predicted octanol–water partition coefficient (Wildman–Crippen LogP) is 1.39.